The fourth-order valence-electron chi connectivity index (χ4n) is 3.87. The Kier molecular flexibility index (Phi) is 6.90. The van der Waals surface area contributed by atoms with Gasteiger partial charge < -0.3 is 0 Å². The van der Waals surface area contributed by atoms with Crippen molar-refractivity contribution in [2.75, 3.05) is 0 Å². The lowest BCUT2D eigenvalue weighted by molar-refractivity contribution is 0.248. The van der Waals surface area contributed by atoms with E-state index in [1.807, 2.05) is 0 Å². The van der Waals surface area contributed by atoms with Crippen molar-refractivity contribution < 1.29 is 0 Å². The molecule has 0 spiro atoms. The van der Waals surface area contributed by atoms with E-state index in [0.717, 1.165) is 11.8 Å². The Morgan fingerprint density at radius 2 is 1.60 bits per heavy atom. The summed E-state index contributed by atoms with van der Waals surface area (Å²) in [6.45, 7) is 4.57. The van der Waals surface area contributed by atoms with Crippen LogP contribution in [0.3, 0.4) is 0 Å². The molecule has 2 aliphatic carbocycles. The van der Waals surface area contributed by atoms with E-state index in [0.29, 0.717) is 0 Å². The minimum absolute atomic E-state index is 1.03. The van der Waals surface area contributed by atoms with Crippen LogP contribution in [-0.2, 0) is 0 Å². The maximum absolute atomic E-state index is 2.40. The second kappa shape index (κ2) is 8.70. The standard InChI is InChI=1S/C20H34/c1-3-4-5-6-18-11-13-20(14-12-18)16-15-19-9-7-17(2)8-10-19/h7,9,18,20H,3-6,8,10-16H2,1-2H3. The zero-order chi connectivity index (χ0) is 14.2. The highest BCUT2D eigenvalue weighted by Gasteiger charge is 2.20. The zero-order valence-electron chi connectivity index (χ0n) is 13.8. The number of allylic oxidation sites excluding steroid dienone is 4. The monoisotopic (exact) mass is 274 g/mol. The van der Waals surface area contributed by atoms with Gasteiger partial charge in [0.15, 0.2) is 0 Å². The van der Waals surface area contributed by atoms with E-state index >= 15 is 0 Å². The van der Waals surface area contributed by atoms with Gasteiger partial charge in [0.25, 0.3) is 0 Å². The van der Waals surface area contributed by atoms with Crippen molar-refractivity contribution in [2.24, 2.45) is 11.8 Å². The number of rotatable bonds is 7. The van der Waals surface area contributed by atoms with Crippen LogP contribution < -0.4 is 0 Å². The van der Waals surface area contributed by atoms with Crippen molar-refractivity contribution in [1.82, 2.24) is 0 Å². The molecule has 0 atom stereocenters. The first-order valence-electron chi connectivity index (χ1n) is 9.13. The molecule has 0 saturated heterocycles. The summed E-state index contributed by atoms with van der Waals surface area (Å²) in [5, 5.41) is 0. The molecule has 20 heavy (non-hydrogen) atoms. The molecular weight excluding hydrogens is 240 g/mol. The lowest BCUT2D eigenvalue weighted by Crippen LogP contribution is -2.14. The van der Waals surface area contributed by atoms with Crippen LogP contribution in [0.5, 0.6) is 0 Å². The van der Waals surface area contributed by atoms with Crippen LogP contribution in [0.25, 0.3) is 0 Å². The first-order valence-corrected chi connectivity index (χ1v) is 9.13. The summed E-state index contributed by atoms with van der Waals surface area (Å²) in [5.74, 6) is 2.10. The quantitative estimate of drug-likeness (QED) is 0.447. The van der Waals surface area contributed by atoms with E-state index < -0.39 is 0 Å². The van der Waals surface area contributed by atoms with E-state index in [2.05, 4.69) is 26.0 Å². The molecule has 0 nitrogen and oxygen atoms in total. The number of unbranched alkanes of at least 4 members (excludes halogenated alkanes) is 2. The lowest BCUT2D eigenvalue weighted by Gasteiger charge is -2.29. The highest BCUT2D eigenvalue weighted by atomic mass is 14.3. The summed E-state index contributed by atoms with van der Waals surface area (Å²) in [5.41, 5.74) is 3.27. The predicted molar refractivity (Wildman–Crippen MR) is 89.9 cm³/mol. The number of hydrogen-bond donors (Lipinski definition) is 0. The molecule has 0 radical (unpaired) electrons. The second-order valence-electron chi connectivity index (χ2n) is 7.26. The molecule has 0 unspecified atom stereocenters. The van der Waals surface area contributed by atoms with Crippen LogP contribution >= 0.6 is 0 Å². The molecule has 1 fully saturated rings. The van der Waals surface area contributed by atoms with Crippen LogP contribution in [0.2, 0.25) is 0 Å². The van der Waals surface area contributed by atoms with Gasteiger partial charge >= 0.3 is 0 Å². The Morgan fingerprint density at radius 3 is 2.20 bits per heavy atom. The van der Waals surface area contributed by atoms with Crippen molar-refractivity contribution in [2.45, 2.75) is 90.9 Å². The van der Waals surface area contributed by atoms with Gasteiger partial charge in [0.2, 0.25) is 0 Å². The molecule has 2 aliphatic rings. The Morgan fingerprint density at radius 1 is 0.900 bits per heavy atom. The average Bonchev–Trinajstić information content (AvgIpc) is 2.48. The van der Waals surface area contributed by atoms with Gasteiger partial charge in [0.05, 0.1) is 0 Å². The minimum Gasteiger partial charge on any atom is -0.0730 e. The summed E-state index contributed by atoms with van der Waals surface area (Å²) in [4.78, 5) is 0. The smallest absolute Gasteiger partial charge is 0.0280 e. The van der Waals surface area contributed by atoms with Gasteiger partial charge in [-0.15, -0.1) is 0 Å². The largest absolute Gasteiger partial charge is 0.0730 e. The van der Waals surface area contributed by atoms with Gasteiger partial charge in [-0.3, -0.25) is 0 Å². The Hall–Kier alpha value is -0.520. The summed E-state index contributed by atoms with van der Waals surface area (Å²) in [7, 11) is 0. The van der Waals surface area contributed by atoms with E-state index in [9.17, 15) is 0 Å². The molecule has 0 aromatic heterocycles. The van der Waals surface area contributed by atoms with Crippen molar-refractivity contribution >= 4 is 0 Å². The zero-order valence-corrected chi connectivity index (χ0v) is 13.8. The topological polar surface area (TPSA) is 0 Å². The molecule has 1 saturated carbocycles. The molecule has 0 heterocycles. The SMILES string of the molecule is CCCCCC1CCC(CCC2=CC=C(C)CC2)CC1. The third-order valence-electron chi connectivity index (χ3n) is 5.50. The third kappa shape index (κ3) is 5.46. The highest BCUT2D eigenvalue weighted by Crippen LogP contribution is 2.35. The molecule has 0 amide bonds. The Labute approximate surface area is 126 Å². The summed E-state index contributed by atoms with van der Waals surface area (Å²) < 4.78 is 0. The third-order valence-corrected chi connectivity index (χ3v) is 5.50. The van der Waals surface area contributed by atoms with Crippen molar-refractivity contribution in [3.63, 3.8) is 0 Å². The van der Waals surface area contributed by atoms with Crippen LogP contribution in [0.15, 0.2) is 23.3 Å². The average molecular weight is 274 g/mol. The molecule has 114 valence electrons. The molecule has 0 bridgehead atoms. The van der Waals surface area contributed by atoms with Crippen molar-refractivity contribution in [3.8, 4) is 0 Å². The van der Waals surface area contributed by atoms with Gasteiger partial charge in [0, 0.05) is 0 Å². The molecule has 0 heteroatoms. The molecule has 0 N–H and O–H groups in total. The van der Waals surface area contributed by atoms with Crippen molar-refractivity contribution in [3.05, 3.63) is 23.3 Å². The first-order chi connectivity index (χ1) is 9.78. The summed E-state index contributed by atoms with van der Waals surface area (Å²) in [6.07, 6.45) is 22.1. The van der Waals surface area contributed by atoms with Crippen LogP contribution in [0, 0.1) is 11.8 Å². The first kappa shape index (κ1) is 15.9. The van der Waals surface area contributed by atoms with E-state index in [4.69, 9.17) is 0 Å². The van der Waals surface area contributed by atoms with E-state index in [1.165, 1.54) is 77.0 Å². The summed E-state index contributed by atoms with van der Waals surface area (Å²) in [6, 6.07) is 0. The molecular formula is C20H34. The van der Waals surface area contributed by atoms with Gasteiger partial charge in [-0.25, -0.2) is 0 Å². The fourth-order valence-corrected chi connectivity index (χ4v) is 3.87. The normalized spacial score (nSPS) is 27.1. The van der Waals surface area contributed by atoms with Gasteiger partial charge in [-0.05, 0) is 44.4 Å². The highest BCUT2D eigenvalue weighted by molar-refractivity contribution is 5.22. The maximum atomic E-state index is 2.40. The minimum atomic E-state index is 1.03. The summed E-state index contributed by atoms with van der Waals surface area (Å²) >= 11 is 0. The van der Waals surface area contributed by atoms with E-state index in [-0.39, 0.29) is 0 Å². The Balaban J connectivity index is 1.60. The van der Waals surface area contributed by atoms with E-state index in [1.54, 1.807) is 11.1 Å². The molecule has 0 aromatic rings. The van der Waals surface area contributed by atoms with Crippen LogP contribution in [0.4, 0.5) is 0 Å². The maximum Gasteiger partial charge on any atom is -0.0280 e. The van der Waals surface area contributed by atoms with Crippen LogP contribution in [0.1, 0.15) is 90.9 Å². The fraction of sp³-hybridized carbons (Fsp3) is 0.800. The van der Waals surface area contributed by atoms with Crippen LogP contribution in [-0.4, -0.2) is 0 Å². The van der Waals surface area contributed by atoms with Gasteiger partial charge in [-0.2, -0.15) is 0 Å². The van der Waals surface area contributed by atoms with Gasteiger partial charge in [-0.1, -0.05) is 81.6 Å². The second-order valence-corrected chi connectivity index (χ2v) is 7.26. The molecule has 0 aromatic carbocycles. The van der Waals surface area contributed by atoms with Gasteiger partial charge in [0.1, 0.15) is 0 Å². The molecule has 0 aliphatic heterocycles. The lowest BCUT2D eigenvalue weighted by atomic mass is 9.77. The van der Waals surface area contributed by atoms with Crippen molar-refractivity contribution in [1.29, 1.82) is 0 Å². The molecule has 2 rings (SSSR count). The predicted octanol–water partition coefficient (Wildman–Crippen LogP) is 6.82. The Bertz CT molecular complexity index is 326. The number of hydrogen-bond acceptors (Lipinski definition) is 0.